The van der Waals surface area contributed by atoms with E-state index < -0.39 is 11.7 Å². The molecule has 9 heteroatoms. The van der Waals surface area contributed by atoms with Gasteiger partial charge in [0.25, 0.3) is 11.8 Å². The van der Waals surface area contributed by atoms with Crippen molar-refractivity contribution < 1.29 is 14.0 Å². The van der Waals surface area contributed by atoms with E-state index in [4.69, 9.17) is 11.6 Å². The molecule has 1 N–H and O–H groups in total. The molecule has 154 valence electrons. The Bertz CT molecular complexity index is 1070. The van der Waals surface area contributed by atoms with Gasteiger partial charge in [-0.1, -0.05) is 29.0 Å². The minimum absolute atomic E-state index is 0.0169. The molecular weight excluding hydrogens is 427 g/mol. The number of nitrogens with one attached hydrogen (secondary N) is 1. The van der Waals surface area contributed by atoms with Crippen LogP contribution in [0.2, 0.25) is 5.02 Å². The second-order valence-corrected chi connectivity index (χ2v) is 8.45. The van der Waals surface area contributed by atoms with Crippen LogP contribution in [0.4, 0.5) is 10.1 Å². The summed E-state index contributed by atoms with van der Waals surface area (Å²) in [6, 6.07) is 12.5. The van der Waals surface area contributed by atoms with E-state index in [-0.39, 0.29) is 16.8 Å². The number of halogens is 2. The number of anilines is 1. The Morgan fingerprint density at radius 1 is 1.17 bits per heavy atom. The number of benzene rings is 2. The number of rotatable bonds is 4. The first kappa shape index (κ1) is 20.4. The standard InChI is InChI=1S/C21H18ClFN4O2S/c22-15-8-6-13(7-9-15)21(29)27-10-2-3-14(12-27)19-25-26-20(30-19)18(28)24-17-5-1-4-16(23)11-17/h1,4-9,11,14H,2-3,10,12H2,(H,24,28)/t14-/m0/s1. The fourth-order valence-corrected chi connectivity index (χ4v) is 4.37. The Labute approximate surface area is 181 Å². The number of aromatic nitrogens is 2. The lowest BCUT2D eigenvalue weighted by molar-refractivity contribution is 0.0706. The molecule has 1 aliphatic heterocycles. The molecule has 4 rings (SSSR count). The summed E-state index contributed by atoms with van der Waals surface area (Å²) in [6.07, 6.45) is 1.71. The summed E-state index contributed by atoms with van der Waals surface area (Å²) < 4.78 is 13.3. The van der Waals surface area contributed by atoms with Gasteiger partial charge in [0.2, 0.25) is 5.01 Å². The number of likely N-dealkylation sites (tertiary alicyclic amines) is 1. The number of hydrogen-bond donors (Lipinski definition) is 1. The van der Waals surface area contributed by atoms with Crippen LogP contribution in [0.5, 0.6) is 0 Å². The number of amides is 2. The molecular formula is C21H18ClFN4O2S. The molecule has 0 saturated carbocycles. The van der Waals surface area contributed by atoms with Gasteiger partial charge < -0.3 is 10.2 Å². The molecule has 1 fully saturated rings. The van der Waals surface area contributed by atoms with Gasteiger partial charge in [-0.2, -0.15) is 0 Å². The highest BCUT2D eigenvalue weighted by molar-refractivity contribution is 7.13. The van der Waals surface area contributed by atoms with Crippen molar-refractivity contribution in [3.63, 3.8) is 0 Å². The lowest BCUT2D eigenvalue weighted by Crippen LogP contribution is -2.39. The maximum atomic E-state index is 13.3. The van der Waals surface area contributed by atoms with Crippen molar-refractivity contribution in [1.82, 2.24) is 15.1 Å². The first-order valence-corrected chi connectivity index (χ1v) is 10.6. The molecule has 1 saturated heterocycles. The van der Waals surface area contributed by atoms with E-state index in [0.29, 0.717) is 34.4 Å². The minimum Gasteiger partial charge on any atom is -0.338 e. The van der Waals surface area contributed by atoms with Crippen LogP contribution in [-0.2, 0) is 0 Å². The molecule has 1 aliphatic rings. The van der Waals surface area contributed by atoms with Crippen LogP contribution in [0.1, 0.15) is 43.9 Å². The monoisotopic (exact) mass is 444 g/mol. The summed E-state index contributed by atoms with van der Waals surface area (Å²) in [6.45, 7) is 1.19. The predicted octanol–water partition coefficient (Wildman–Crippen LogP) is 4.60. The van der Waals surface area contributed by atoms with Gasteiger partial charge in [-0.15, -0.1) is 10.2 Å². The number of hydrogen-bond acceptors (Lipinski definition) is 5. The number of piperidine rings is 1. The molecule has 2 amide bonds. The second-order valence-electron chi connectivity index (χ2n) is 7.01. The zero-order chi connectivity index (χ0) is 21.1. The van der Waals surface area contributed by atoms with E-state index >= 15 is 0 Å². The second kappa shape index (κ2) is 8.89. The van der Waals surface area contributed by atoms with Gasteiger partial charge in [0.15, 0.2) is 0 Å². The van der Waals surface area contributed by atoms with Gasteiger partial charge in [-0.3, -0.25) is 9.59 Å². The van der Waals surface area contributed by atoms with E-state index in [0.717, 1.165) is 12.8 Å². The molecule has 0 unspecified atom stereocenters. The third-order valence-corrected chi connectivity index (χ3v) is 6.20. The molecule has 30 heavy (non-hydrogen) atoms. The maximum Gasteiger partial charge on any atom is 0.286 e. The maximum absolute atomic E-state index is 13.3. The molecule has 1 atom stereocenters. The Kier molecular flexibility index (Phi) is 6.06. The summed E-state index contributed by atoms with van der Waals surface area (Å²) in [5.74, 6) is -0.902. The molecule has 3 aromatic rings. The summed E-state index contributed by atoms with van der Waals surface area (Å²) >= 11 is 7.10. The Hall–Kier alpha value is -2.84. The lowest BCUT2D eigenvalue weighted by atomic mass is 9.98. The topological polar surface area (TPSA) is 75.2 Å². The highest BCUT2D eigenvalue weighted by Crippen LogP contribution is 2.30. The third-order valence-electron chi connectivity index (χ3n) is 4.87. The highest BCUT2D eigenvalue weighted by atomic mass is 35.5. The molecule has 0 spiro atoms. The Morgan fingerprint density at radius 2 is 1.97 bits per heavy atom. The molecule has 2 aromatic carbocycles. The van der Waals surface area contributed by atoms with E-state index in [2.05, 4.69) is 15.5 Å². The van der Waals surface area contributed by atoms with Crippen molar-refractivity contribution in [2.75, 3.05) is 18.4 Å². The summed E-state index contributed by atoms with van der Waals surface area (Å²) in [5.41, 5.74) is 0.946. The Balaban J connectivity index is 1.43. The summed E-state index contributed by atoms with van der Waals surface area (Å²) in [7, 11) is 0. The summed E-state index contributed by atoms with van der Waals surface area (Å²) in [4.78, 5) is 27.0. The fourth-order valence-electron chi connectivity index (χ4n) is 3.38. The number of nitrogens with zero attached hydrogens (tertiary/aromatic N) is 3. The largest absolute Gasteiger partial charge is 0.338 e. The van der Waals surface area contributed by atoms with Gasteiger partial charge in [-0.25, -0.2) is 4.39 Å². The van der Waals surface area contributed by atoms with Crippen molar-refractivity contribution in [3.8, 4) is 0 Å². The van der Waals surface area contributed by atoms with Gasteiger partial charge in [0, 0.05) is 35.3 Å². The molecule has 0 radical (unpaired) electrons. The molecule has 0 aliphatic carbocycles. The van der Waals surface area contributed by atoms with Crippen molar-refractivity contribution in [1.29, 1.82) is 0 Å². The van der Waals surface area contributed by atoms with Crippen LogP contribution in [0.3, 0.4) is 0 Å². The van der Waals surface area contributed by atoms with Crippen LogP contribution in [0.25, 0.3) is 0 Å². The zero-order valence-corrected chi connectivity index (χ0v) is 17.4. The van der Waals surface area contributed by atoms with E-state index in [1.165, 1.54) is 29.5 Å². The number of carbonyl (C=O) groups excluding carboxylic acids is 2. The average molecular weight is 445 g/mol. The number of carbonyl (C=O) groups is 2. The summed E-state index contributed by atoms with van der Waals surface area (Å²) in [5, 5.41) is 12.3. The van der Waals surface area contributed by atoms with Crippen molar-refractivity contribution in [3.05, 3.63) is 74.9 Å². The fraction of sp³-hybridized carbons (Fsp3) is 0.238. The third kappa shape index (κ3) is 4.66. The first-order chi connectivity index (χ1) is 14.5. The van der Waals surface area contributed by atoms with Crippen molar-refractivity contribution in [2.24, 2.45) is 0 Å². The van der Waals surface area contributed by atoms with Crippen LogP contribution in [0, 0.1) is 5.82 Å². The van der Waals surface area contributed by atoms with Crippen LogP contribution in [0.15, 0.2) is 48.5 Å². The lowest BCUT2D eigenvalue weighted by Gasteiger charge is -2.31. The van der Waals surface area contributed by atoms with Crippen LogP contribution in [-0.4, -0.2) is 40.0 Å². The van der Waals surface area contributed by atoms with Gasteiger partial charge in [-0.05, 0) is 55.3 Å². The van der Waals surface area contributed by atoms with E-state index in [1.54, 1.807) is 35.2 Å². The van der Waals surface area contributed by atoms with Crippen LogP contribution < -0.4 is 5.32 Å². The van der Waals surface area contributed by atoms with Crippen molar-refractivity contribution >= 4 is 40.4 Å². The Morgan fingerprint density at radius 3 is 2.73 bits per heavy atom. The predicted molar refractivity (Wildman–Crippen MR) is 114 cm³/mol. The van der Waals surface area contributed by atoms with Crippen LogP contribution >= 0.6 is 22.9 Å². The zero-order valence-electron chi connectivity index (χ0n) is 15.8. The molecule has 2 heterocycles. The smallest absolute Gasteiger partial charge is 0.286 e. The highest BCUT2D eigenvalue weighted by Gasteiger charge is 2.28. The van der Waals surface area contributed by atoms with Gasteiger partial charge in [0.1, 0.15) is 10.8 Å². The average Bonchev–Trinajstić information content (AvgIpc) is 3.24. The quantitative estimate of drug-likeness (QED) is 0.638. The van der Waals surface area contributed by atoms with Gasteiger partial charge in [0.05, 0.1) is 0 Å². The van der Waals surface area contributed by atoms with E-state index in [9.17, 15) is 14.0 Å². The molecule has 0 bridgehead atoms. The minimum atomic E-state index is -0.436. The SMILES string of the molecule is O=C(Nc1cccc(F)c1)c1nnc([C@H]2CCCN(C(=O)c3ccc(Cl)cc3)C2)s1. The first-order valence-electron chi connectivity index (χ1n) is 9.45. The molecule has 1 aromatic heterocycles. The normalized spacial score (nSPS) is 16.3. The van der Waals surface area contributed by atoms with Crippen molar-refractivity contribution in [2.45, 2.75) is 18.8 Å². The molecule has 6 nitrogen and oxygen atoms in total. The van der Waals surface area contributed by atoms with E-state index in [1.807, 2.05) is 0 Å². The van der Waals surface area contributed by atoms with Gasteiger partial charge >= 0.3 is 0 Å².